The molecule has 7 nitrogen and oxygen atoms in total. The van der Waals surface area contributed by atoms with Gasteiger partial charge < -0.3 is 23.5 Å². The Labute approximate surface area is 177 Å². The van der Waals surface area contributed by atoms with Crippen LogP contribution < -0.4 is 9.47 Å². The highest BCUT2D eigenvalue weighted by Crippen LogP contribution is 2.31. The van der Waals surface area contributed by atoms with Crippen molar-refractivity contribution in [1.82, 2.24) is 4.57 Å². The number of carbonyl (C=O) groups excluding carboxylic acids is 2. The number of methoxy groups -OCH3 is 3. The number of carbonyl (C=O) groups is 2. The predicted octanol–water partition coefficient (Wildman–Crippen LogP) is 3.52. The summed E-state index contributed by atoms with van der Waals surface area (Å²) < 4.78 is 23.0. The lowest BCUT2D eigenvalue weighted by Crippen LogP contribution is -2.15. The van der Waals surface area contributed by atoms with Crippen LogP contribution in [0, 0.1) is 13.8 Å². The van der Waals surface area contributed by atoms with Crippen LogP contribution in [-0.4, -0.2) is 50.9 Å². The van der Waals surface area contributed by atoms with Gasteiger partial charge in [-0.1, -0.05) is 12.1 Å². The fraction of sp³-hybridized carbons (Fsp3) is 0.478. The summed E-state index contributed by atoms with van der Waals surface area (Å²) in [6, 6.07) is 7.36. The van der Waals surface area contributed by atoms with Gasteiger partial charge in [-0.05, 0) is 44.4 Å². The zero-order valence-electron chi connectivity index (χ0n) is 18.4. The van der Waals surface area contributed by atoms with Gasteiger partial charge in [0.15, 0.2) is 18.1 Å². The van der Waals surface area contributed by atoms with E-state index in [2.05, 4.69) is 4.57 Å². The van der Waals surface area contributed by atoms with Crippen LogP contribution >= 0.6 is 0 Å². The van der Waals surface area contributed by atoms with E-state index in [1.54, 1.807) is 27.4 Å². The second-order valence-electron chi connectivity index (χ2n) is 7.02. The number of Topliss-reactive ketones (excluding diaryl/α,β-unsaturated/α-hetero) is 1. The second-order valence-corrected chi connectivity index (χ2v) is 7.02. The van der Waals surface area contributed by atoms with Crippen molar-refractivity contribution in [3.63, 3.8) is 0 Å². The second kappa shape index (κ2) is 11.4. The number of rotatable bonds is 12. The highest BCUT2D eigenvalue weighted by atomic mass is 16.5. The lowest BCUT2D eigenvalue weighted by atomic mass is 10.1. The van der Waals surface area contributed by atoms with E-state index < -0.39 is 5.97 Å². The van der Waals surface area contributed by atoms with Crippen molar-refractivity contribution >= 4 is 11.8 Å². The predicted molar refractivity (Wildman–Crippen MR) is 114 cm³/mol. The number of para-hydroxylation sites is 1. The third-order valence-electron chi connectivity index (χ3n) is 5.05. The normalized spacial score (nSPS) is 10.7. The number of benzene rings is 1. The summed E-state index contributed by atoms with van der Waals surface area (Å²) in [4.78, 5) is 24.7. The fourth-order valence-corrected chi connectivity index (χ4v) is 3.48. The van der Waals surface area contributed by atoms with E-state index in [-0.39, 0.29) is 18.8 Å². The van der Waals surface area contributed by atoms with E-state index in [1.165, 1.54) is 0 Å². The number of hydrogen-bond donors (Lipinski definition) is 0. The summed E-state index contributed by atoms with van der Waals surface area (Å²) in [5.41, 5.74) is 3.32. The summed E-state index contributed by atoms with van der Waals surface area (Å²) in [5.74, 6) is 0.583. The van der Waals surface area contributed by atoms with Crippen LogP contribution in [0.15, 0.2) is 24.3 Å². The minimum absolute atomic E-state index is 0.146. The molecule has 0 bridgehead atoms. The maximum absolute atomic E-state index is 12.6. The molecule has 0 fully saturated rings. The largest absolute Gasteiger partial charge is 0.493 e. The number of ketones is 1. The van der Waals surface area contributed by atoms with Crippen LogP contribution in [0.1, 0.15) is 40.2 Å². The summed E-state index contributed by atoms with van der Waals surface area (Å²) >= 11 is 0. The molecule has 0 radical (unpaired) electrons. The van der Waals surface area contributed by atoms with Crippen molar-refractivity contribution in [3.8, 4) is 11.5 Å². The lowest BCUT2D eigenvalue weighted by molar-refractivity contribution is -0.142. The van der Waals surface area contributed by atoms with E-state index in [9.17, 15) is 9.59 Å². The molecule has 0 atom stereocenters. The van der Waals surface area contributed by atoms with E-state index in [4.69, 9.17) is 18.9 Å². The first-order valence-electron chi connectivity index (χ1n) is 9.97. The Morgan fingerprint density at radius 2 is 1.83 bits per heavy atom. The van der Waals surface area contributed by atoms with Crippen LogP contribution in [0.3, 0.4) is 0 Å². The highest BCUT2D eigenvalue weighted by molar-refractivity contribution is 5.99. The van der Waals surface area contributed by atoms with Crippen LogP contribution in [-0.2, 0) is 27.2 Å². The number of aryl methyl sites for hydroxylation is 2. The zero-order valence-corrected chi connectivity index (χ0v) is 18.4. The molecular weight excluding hydrogens is 386 g/mol. The Balaban J connectivity index is 1.91. The molecule has 0 saturated heterocycles. The quantitative estimate of drug-likeness (QED) is 0.299. The van der Waals surface area contributed by atoms with Gasteiger partial charge in [0.2, 0.25) is 5.78 Å². The van der Waals surface area contributed by atoms with Crippen molar-refractivity contribution in [1.29, 1.82) is 0 Å². The molecule has 1 aromatic carbocycles. The Bertz CT molecular complexity index is 871. The monoisotopic (exact) mass is 417 g/mol. The van der Waals surface area contributed by atoms with Crippen LogP contribution in [0.4, 0.5) is 0 Å². The molecular formula is C23H31NO6. The molecule has 0 saturated carbocycles. The first kappa shape index (κ1) is 23.5. The Hall–Kier alpha value is -2.80. The van der Waals surface area contributed by atoms with Crippen molar-refractivity contribution < 1.29 is 28.5 Å². The van der Waals surface area contributed by atoms with Gasteiger partial charge in [-0.25, -0.2) is 0 Å². The van der Waals surface area contributed by atoms with Gasteiger partial charge in [0.1, 0.15) is 0 Å². The highest BCUT2D eigenvalue weighted by Gasteiger charge is 2.18. The number of ether oxygens (including phenoxy) is 4. The standard InChI is InChI=1S/C23H31NO6/c1-16-14-19(17(2)24(16)12-7-13-27-3)20(25)15-30-22(26)11-10-18-8-6-9-21(28-4)23(18)29-5/h6,8-9,14H,7,10-13,15H2,1-5H3. The Morgan fingerprint density at radius 3 is 2.50 bits per heavy atom. The van der Waals surface area contributed by atoms with Crippen LogP contribution in [0.25, 0.3) is 0 Å². The van der Waals surface area contributed by atoms with Gasteiger partial charge in [0.25, 0.3) is 0 Å². The molecule has 164 valence electrons. The first-order chi connectivity index (χ1) is 14.4. The van der Waals surface area contributed by atoms with E-state index in [0.717, 1.165) is 29.9 Å². The van der Waals surface area contributed by atoms with Crippen molar-refractivity contribution in [2.45, 2.75) is 39.7 Å². The Morgan fingerprint density at radius 1 is 1.07 bits per heavy atom. The molecule has 2 aromatic rings. The molecule has 0 amide bonds. The maximum atomic E-state index is 12.6. The summed E-state index contributed by atoms with van der Waals surface area (Å²) in [6.45, 7) is 5.04. The summed E-state index contributed by atoms with van der Waals surface area (Å²) in [5, 5.41) is 0. The maximum Gasteiger partial charge on any atom is 0.306 e. The van der Waals surface area contributed by atoms with Gasteiger partial charge in [-0.3, -0.25) is 9.59 Å². The minimum atomic E-state index is -0.429. The molecule has 0 spiro atoms. The smallest absolute Gasteiger partial charge is 0.306 e. The fourth-order valence-electron chi connectivity index (χ4n) is 3.48. The number of nitrogens with zero attached hydrogens (tertiary/aromatic N) is 1. The van der Waals surface area contributed by atoms with Crippen molar-refractivity contribution in [2.75, 3.05) is 34.5 Å². The van der Waals surface area contributed by atoms with E-state index in [0.29, 0.717) is 30.1 Å². The van der Waals surface area contributed by atoms with Gasteiger partial charge >= 0.3 is 5.97 Å². The van der Waals surface area contributed by atoms with Crippen molar-refractivity contribution in [3.05, 3.63) is 46.8 Å². The van der Waals surface area contributed by atoms with Gasteiger partial charge in [-0.15, -0.1) is 0 Å². The van der Waals surface area contributed by atoms with Crippen molar-refractivity contribution in [2.24, 2.45) is 0 Å². The van der Waals surface area contributed by atoms with Gasteiger partial charge in [-0.2, -0.15) is 0 Å². The summed E-state index contributed by atoms with van der Waals surface area (Å²) in [7, 11) is 4.79. The molecule has 0 aliphatic rings. The third kappa shape index (κ3) is 5.86. The average molecular weight is 418 g/mol. The number of esters is 1. The average Bonchev–Trinajstić information content (AvgIpc) is 3.04. The topological polar surface area (TPSA) is 76.0 Å². The number of hydrogen-bond acceptors (Lipinski definition) is 6. The molecule has 1 heterocycles. The SMILES string of the molecule is COCCCn1c(C)cc(C(=O)COC(=O)CCc2cccc(OC)c2OC)c1C. The van der Waals surface area contributed by atoms with E-state index in [1.807, 2.05) is 32.0 Å². The number of aromatic nitrogens is 1. The minimum Gasteiger partial charge on any atom is -0.493 e. The molecule has 2 rings (SSSR count). The molecule has 0 unspecified atom stereocenters. The van der Waals surface area contributed by atoms with Gasteiger partial charge in [0, 0.05) is 43.6 Å². The molecule has 30 heavy (non-hydrogen) atoms. The first-order valence-corrected chi connectivity index (χ1v) is 9.97. The van der Waals surface area contributed by atoms with Gasteiger partial charge in [0.05, 0.1) is 14.2 Å². The summed E-state index contributed by atoms with van der Waals surface area (Å²) in [6.07, 6.45) is 1.44. The van der Waals surface area contributed by atoms with Crippen LogP contribution in [0.2, 0.25) is 0 Å². The third-order valence-corrected chi connectivity index (χ3v) is 5.05. The molecule has 0 N–H and O–H groups in total. The zero-order chi connectivity index (χ0) is 22.1. The molecule has 0 aliphatic heterocycles. The van der Waals surface area contributed by atoms with Crippen LogP contribution in [0.5, 0.6) is 11.5 Å². The van der Waals surface area contributed by atoms with E-state index >= 15 is 0 Å². The molecule has 1 aromatic heterocycles. The lowest BCUT2D eigenvalue weighted by Gasteiger charge is -2.12. The Kier molecular flexibility index (Phi) is 8.92. The molecule has 7 heteroatoms. The molecule has 0 aliphatic carbocycles.